The first-order valence-electron chi connectivity index (χ1n) is 9.83. The summed E-state index contributed by atoms with van der Waals surface area (Å²) in [4.78, 5) is 4.93. The van der Waals surface area contributed by atoms with Crippen molar-refractivity contribution in [2.45, 2.75) is 35.7 Å². The maximum Gasteiger partial charge on any atom is 0.238 e. The van der Waals surface area contributed by atoms with E-state index < -0.39 is 20.0 Å². The van der Waals surface area contributed by atoms with Gasteiger partial charge in [-0.2, -0.15) is 0 Å². The van der Waals surface area contributed by atoms with E-state index in [1.54, 1.807) is 24.3 Å². The van der Waals surface area contributed by atoms with E-state index in [1.807, 2.05) is 12.1 Å². The van der Waals surface area contributed by atoms with Crippen molar-refractivity contribution in [1.29, 1.82) is 0 Å². The van der Waals surface area contributed by atoms with Gasteiger partial charge < -0.3 is 0 Å². The van der Waals surface area contributed by atoms with E-state index in [4.69, 9.17) is 10.3 Å². The highest BCUT2D eigenvalue weighted by Gasteiger charge is 2.22. The van der Waals surface area contributed by atoms with Crippen molar-refractivity contribution in [3.63, 3.8) is 0 Å². The predicted molar refractivity (Wildman–Crippen MR) is 128 cm³/mol. The monoisotopic (exact) mass is 522 g/mol. The van der Waals surface area contributed by atoms with E-state index in [1.165, 1.54) is 11.1 Å². The Kier molecular flexibility index (Phi) is 8.74. The zero-order valence-electron chi connectivity index (χ0n) is 17.4. The Bertz CT molecular complexity index is 1100. The molecule has 178 valence electrons. The molecule has 2 heterocycles. The standard InChI is InChI=1S/C20H26N4O4S2.2ClH/c21-29(25,26)19-3-1-15-5-7-23(13-17(15)11-19)9-10-24-8-6-16-2-4-20(30(22,27)28)12-18(16)14-24;;/h1-4,11-12H,5-10,13-14H2,(H2,21,25,26)(H2,22,27,28);2*1H. The van der Waals surface area contributed by atoms with Crippen LogP contribution in [0.3, 0.4) is 0 Å². The molecule has 0 atom stereocenters. The molecule has 12 heteroatoms. The molecule has 2 aromatic rings. The summed E-state index contributed by atoms with van der Waals surface area (Å²) in [5, 5.41) is 10.5. The molecule has 4 N–H and O–H groups in total. The van der Waals surface area contributed by atoms with Crippen molar-refractivity contribution in [3.05, 3.63) is 58.7 Å². The third kappa shape index (κ3) is 6.21. The van der Waals surface area contributed by atoms with Crippen LogP contribution in [-0.2, 0) is 46.0 Å². The van der Waals surface area contributed by atoms with Crippen LogP contribution >= 0.6 is 24.8 Å². The van der Waals surface area contributed by atoms with Crippen LogP contribution in [0.25, 0.3) is 0 Å². The highest BCUT2D eigenvalue weighted by atomic mass is 35.5. The smallest absolute Gasteiger partial charge is 0.238 e. The van der Waals surface area contributed by atoms with Crippen LogP contribution in [0.15, 0.2) is 46.2 Å². The van der Waals surface area contributed by atoms with E-state index in [-0.39, 0.29) is 34.6 Å². The van der Waals surface area contributed by atoms with Crippen molar-refractivity contribution in [2.75, 3.05) is 26.2 Å². The van der Waals surface area contributed by atoms with Gasteiger partial charge in [-0.3, -0.25) is 9.80 Å². The summed E-state index contributed by atoms with van der Waals surface area (Å²) in [6, 6.07) is 10.2. The Morgan fingerprint density at radius 1 is 0.656 bits per heavy atom. The van der Waals surface area contributed by atoms with Crippen molar-refractivity contribution in [1.82, 2.24) is 9.80 Å². The molecular weight excluding hydrogens is 495 g/mol. The van der Waals surface area contributed by atoms with E-state index in [0.717, 1.165) is 50.1 Å². The third-order valence-electron chi connectivity index (χ3n) is 5.93. The van der Waals surface area contributed by atoms with Crippen molar-refractivity contribution in [2.24, 2.45) is 10.3 Å². The Hall–Kier alpha value is -1.24. The molecule has 0 radical (unpaired) electrons. The average molecular weight is 524 g/mol. The molecule has 2 aliphatic heterocycles. The molecule has 0 saturated carbocycles. The van der Waals surface area contributed by atoms with E-state index in [2.05, 4.69) is 9.80 Å². The number of hydrogen-bond donors (Lipinski definition) is 2. The molecule has 0 saturated heterocycles. The molecular formula is C20H28Cl2N4O4S2. The molecule has 4 rings (SSSR count). The first-order chi connectivity index (χ1) is 14.1. The number of fused-ring (bicyclic) bond motifs is 2. The van der Waals surface area contributed by atoms with Crippen LogP contribution in [0.2, 0.25) is 0 Å². The van der Waals surface area contributed by atoms with Gasteiger partial charge in [-0.15, -0.1) is 24.8 Å². The van der Waals surface area contributed by atoms with Gasteiger partial charge in [-0.1, -0.05) is 12.1 Å². The lowest BCUT2D eigenvalue weighted by molar-refractivity contribution is 0.183. The van der Waals surface area contributed by atoms with Gasteiger partial charge in [0.25, 0.3) is 0 Å². The number of sulfonamides is 2. The maximum absolute atomic E-state index is 11.6. The van der Waals surface area contributed by atoms with Crippen LogP contribution in [0.5, 0.6) is 0 Å². The first kappa shape index (κ1) is 27.0. The lowest BCUT2D eigenvalue weighted by atomic mass is 9.99. The number of primary sulfonamides is 2. The van der Waals surface area contributed by atoms with Gasteiger partial charge in [0.2, 0.25) is 20.0 Å². The first-order valence-corrected chi connectivity index (χ1v) is 12.9. The van der Waals surface area contributed by atoms with Gasteiger partial charge in [0.1, 0.15) is 0 Å². The van der Waals surface area contributed by atoms with Crippen molar-refractivity contribution < 1.29 is 16.8 Å². The summed E-state index contributed by atoms with van der Waals surface area (Å²) in [6.45, 7) is 4.92. The summed E-state index contributed by atoms with van der Waals surface area (Å²) in [7, 11) is -7.41. The van der Waals surface area contributed by atoms with Crippen molar-refractivity contribution in [3.8, 4) is 0 Å². The molecule has 0 unspecified atom stereocenters. The van der Waals surface area contributed by atoms with Gasteiger partial charge in [0.15, 0.2) is 0 Å². The fraction of sp³-hybridized carbons (Fsp3) is 0.400. The van der Waals surface area contributed by atoms with Crippen LogP contribution in [0, 0.1) is 0 Å². The Morgan fingerprint density at radius 3 is 1.38 bits per heavy atom. The van der Waals surface area contributed by atoms with Crippen LogP contribution in [-0.4, -0.2) is 52.8 Å². The molecule has 2 aromatic carbocycles. The molecule has 0 aliphatic carbocycles. The molecule has 0 bridgehead atoms. The van der Waals surface area contributed by atoms with Gasteiger partial charge in [-0.05, 0) is 59.4 Å². The van der Waals surface area contributed by atoms with E-state index in [9.17, 15) is 16.8 Å². The fourth-order valence-electron chi connectivity index (χ4n) is 4.20. The van der Waals surface area contributed by atoms with Gasteiger partial charge in [-0.25, -0.2) is 27.1 Å². The highest BCUT2D eigenvalue weighted by molar-refractivity contribution is 7.89. The fourth-order valence-corrected chi connectivity index (χ4v) is 5.33. The number of nitrogens with two attached hydrogens (primary N) is 2. The van der Waals surface area contributed by atoms with Crippen LogP contribution in [0.4, 0.5) is 0 Å². The second-order valence-electron chi connectivity index (χ2n) is 8.00. The molecule has 32 heavy (non-hydrogen) atoms. The molecule has 0 spiro atoms. The largest absolute Gasteiger partial charge is 0.297 e. The predicted octanol–water partition coefficient (Wildman–Crippen LogP) is 1.24. The molecule has 0 amide bonds. The van der Waals surface area contributed by atoms with Crippen LogP contribution in [0.1, 0.15) is 22.3 Å². The Labute approximate surface area is 201 Å². The zero-order valence-corrected chi connectivity index (χ0v) is 20.7. The minimum atomic E-state index is -3.70. The average Bonchev–Trinajstić information content (AvgIpc) is 2.69. The van der Waals surface area contributed by atoms with E-state index >= 15 is 0 Å². The summed E-state index contributed by atoms with van der Waals surface area (Å²) in [5.74, 6) is 0. The zero-order chi connectivity index (χ0) is 21.5. The highest BCUT2D eigenvalue weighted by Crippen LogP contribution is 2.24. The number of halogens is 2. The number of benzene rings is 2. The topological polar surface area (TPSA) is 127 Å². The van der Waals surface area contributed by atoms with Crippen molar-refractivity contribution >= 4 is 44.9 Å². The summed E-state index contributed by atoms with van der Waals surface area (Å²) < 4.78 is 46.5. The summed E-state index contributed by atoms with van der Waals surface area (Å²) >= 11 is 0. The van der Waals surface area contributed by atoms with Gasteiger partial charge in [0, 0.05) is 39.3 Å². The normalized spacial score (nSPS) is 16.9. The number of nitrogens with zero attached hydrogens (tertiary/aromatic N) is 2. The van der Waals surface area contributed by atoms with E-state index in [0.29, 0.717) is 13.1 Å². The second-order valence-corrected chi connectivity index (χ2v) is 11.1. The summed E-state index contributed by atoms with van der Waals surface area (Å²) in [5.41, 5.74) is 4.35. The maximum atomic E-state index is 11.6. The lowest BCUT2D eigenvalue weighted by Crippen LogP contribution is -2.40. The molecule has 8 nitrogen and oxygen atoms in total. The number of hydrogen-bond acceptors (Lipinski definition) is 6. The molecule has 2 aliphatic rings. The van der Waals surface area contributed by atoms with Crippen LogP contribution < -0.4 is 10.3 Å². The minimum Gasteiger partial charge on any atom is -0.297 e. The second kappa shape index (κ2) is 10.4. The van der Waals surface area contributed by atoms with Gasteiger partial charge >= 0.3 is 0 Å². The SMILES string of the molecule is Cl.Cl.NS(=O)(=O)c1ccc2c(c1)CN(CCN1CCc3ccc(S(N)(=O)=O)cc3C1)CC2. The molecule has 0 fully saturated rings. The van der Waals surface area contributed by atoms with Gasteiger partial charge in [0.05, 0.1) is 9.79 Å². The summed E-state index contributed by atoms with van der Waals surface area (Å²) in [6.07, 6.45) is 1.75. The Morgan fingerprint density at radius 2 is 1.03 bits per heavy atom. The Balaban J connectivity index is 0.00000181. The molecule has 0 aromatic heterocycles. The quantitative estimate of drug-likeness (QED) is 0.607. The number of rotatable bonds is 5. The lowest BCUT2D eigenvalue weighted by Gasteiger charge is -2.33. The third-order valence-corrected chi connectivity index (χ3v) is 7.75. The minimum absolute atomic E-state index is 0.